The normalized spacial score (nSPS) is 11.5. The Morgan fingerprint density at radius 3 is 2.42 bits per heavy atom. The van der Waals surface area contributed by atoms with Crippen LogP contribution in [0.1, 0.15) is 25.8 Å². The molecule has 0 radical (unpaired) electrons. The Morgan fingerprint density at radius 2 is 1.89 bits per heavy atom. The molecule has 0 bridgehead atoms. The third kappa shape index (κ3) is 4.83. The largest absolute Gasteiger partial charge is 0.477 e. The maximum Gasteiger partial charge on any atom is 0.412 e. The van der Waals surface area contributed by atoms with Crippen LogP contribution in [0.3, 0.4) is 0 Å². The summed E-state index contributed by atoms with van der Waals surface area (Å²) < 4.78 is 4.96. The van der Waals surface area contributed by atoms with Crippen molar-refractivity contribution in [1.82, 2.24) is 5.32 Å². The number of hydrogen-bond acceptors (Lipinski definition) is 3. The van der Waals surface area contributed by atoms with E-state index in [0.717, 1.165) is 5.56 Å². The SMILES string of the molecule is CC/C(C)=C(/NC(=O)OCc1ccccc1)C(=O)O. The van der Waals surface area contributed by atoms with Crippen LogP contribution in [0, 0.1) is 0 Å². The number of hydrogen-bond donors (Lipinski definition) is 2. The van der Waals surface area contributed by atoms with Crippen molar-refractivity contribution in [2.45, 2.75) is 26.9 Å². The van der Waals surface area contributed by atoms with Crippen molar-refractivity contribution in [2.24, 2.45) is 0 Å². The number of aliphatic carboxylic acids is 1. The van der Waals surface area contributed by atoms with Gasteiger partial charge in [0.25, 0.3) is 0 Å². The minimum atomic E-state index is -1.17. The molecule has 1 aromatic rings. The van der Waals surface area contributed by atoms with Crippen molar-refractivity contribution in [3.05, 3.63) is 47.2 Å². The number of ether oxygens (including phenoxy) is 1. The predicted molar refractivity (Wildman–Crippen MR) is 70.4 cm³/mol. The first-order valence-corrected chi connectivity index (χ1v) is 5.95. The number of allylic oxidation sites excluding steroid dienone is 1. The summed E-state index contributed by atoms with van der Waals surface area (Å²) in [4.78, 5) is 22.5. The molecular formula is C14H17NO4. The maximum absolute atomic E-state index is 11.5. The first kappa shape index (κ1) is 14.8. The lowest BCUT2D eigenvalue weighted by molar-refractivity contribution is -0.133. The van der Waals surface area contributed by atoms with Gasteiger partial charge >= 0.3 is 12.1 Å². The highest BCUT2D eigenvalue weighted by molar-refractivity contribution is 5.91. The van der Waals surface area contributed by atoms with E-state index in [1.165, 1.54) is 0 Å². The Balaban J connectivity index is 2.57. The van der Waals surface area contributed by atoms with Crippen molar-refractivity contribution < 1.29 is 19.4 Å². The number of carboxylic acid groups (broad SMARTS) is 1. The topological polar surface area (TPSA) is 75.6 Å². The van der Waals surface area contributed by atoms with E-state index in [1.807, 2.05) is 37.3 Å². The van der Waals surface area contributed by atoms with Gasteiger partial charge in [-0.3, -0.25) is 5.32 Å². The van der Waals surface area contributed by atoms with Crippen molar-refractivity contribution in [2.75, 3.05) is 0 Å². The fourth-order valence-corrected chi connectivity index (χ4v) is 1.38. The van der Waals surface area contributed by atoms with Crippen LogP contribution in [0.15, 0.2) is 41.6 Å². The third-order valence-corrected chi connectivity index (χ3v) is 2.61. The highest BCUT2D eigenvalue weighted by Gasteiger charge is 2.14. The lowest BCUT2D eigenvalue weighted by atomic mass is 10.2. The second kappa shape index (κ2) is 7.20. The van der Waals surface area contributed by atoms with Gasteiger partial charge in [-0.15, -0.1) is 0 Å². The van der Waals surface area contributed by atoms with Crippen molar-refractivity contribution in [3.63, 3.8) is 0 Å². The van der Waals surface area contributed by atoms with Gasteiger partial charge < -0.3 is 9.84 Å². The molecule has 0 aromatic heterocycles. The Hall–Kier alpha value is -2.30. The molecule has 5 heteroatoms. The number of benzene rings is 1. The first-order chi connectivity index (χ1) is 9.04. The van der Waals surface area contributed by atoms with Crippen molar-refractivity contribution in [1.29, 1.82) is 0 Å². The van der Waals surface area contributed by atoms with Crippen LogP contribution in [0.5, 0.6) is 0 Å². The van der Waals surface area contributed by atoms with E-state index in [4.69, 9.17) is 9.84 Å². The Morgan fingerprint density at radius 1 is 1.26 bits per heavy atom. The zero-order chi connectivity index (χ0) is 14.3. The summed E-state index contributed by atoms with van der Waals surface area (Å²) in [5.41, 5.74) is 1.30. The van der Waals surface area contributed by atoms with Gasteiger partial charge in [0.05, 0.1) is 0 Å². The molecule has 0 atom stereocenters. The van der Waals surface area contributed by atoms with E-state index >= 15 is 0 Å². The number of carbonyl (C=O) groups is 2. The van der Waals surface area contributed by atoms with Gasteiger partial charge in [0.15, 0.2) is 0 Å². The van der Waals surface area contributed by atoms with Gasteiger partial charge in [-0.25, -0.2) is 9.59 Å². The molecule has 1 amide bonds. The van der Waals surface area contributed by atoms with E-state index in [2.05, 4.69) is 5.32 Å². The molecule has 19 heavy (non-hydrogen) atoms. The summed E-state index contributed by atoms with van der Waals surface area (Å²) in [6, 6.07) is 9.16. The zero-order valence-corrected chi connectivity index (χ0v) is 11.0. The standard InChI is InChI=1S/C14H17NO4/c1-3-10(2)12(13(16)17)15-14(18)19-9-11-7-5-4-6-8-11/h4-8H,3,9H2,1-2H3,(H,15,18)(H,16,17)/b12-10+. The first-order valence-electron chi connectivity index (χ1n) is 5.95. The van der Waals surface area contributed by atoms with Gasteiger partial charge in [-0.05, 0) is 24.5 Å². The lowest BCUT2D eigenvalue weighted by Crippen LogP contribution is -2.29. The van der Waals surface area contributed by atoms with E-state index in [1.54, 1.807) is 6.92 Å². The fourth-order valence-electron chi connectivity index (χ4n) is 1.38. The fraction of sp³-hybridized carbons (Fsp3) is 0.286. The lowest BCUT2D eigenvalue weighted by Gasteiger charge is -2.09. The second-order valence-corrected chi connectivity index (χ2v) is 4.00. The molecule has 0 saturated heterocycles. The number of carbonyl (C=O) groups excluding carboxylic acids is 1. The van der Waals surface area contributed by atoms with Crippen LogP contribution in [-0.4, -0.2) is 17.2 Å². The summed E-state index contributed by atoms with van der Waals surface area (Å²) in [5, 5.41) is 11.2. The molecule has 0 unspecified atom stereocenters. The molecule has 2 N–H and O–H groups in total. The molecule has 1 aromatic carbocycles. The number of carboxylic acids is 1. The Bertz CT molecular complexity index is 479. The summed E-state index contributed by atoms with van der Waals surface area (Å²) >= 11 is 0. The average molecular weight is 263 g/mol. The number of rotatable bonds is 5. The highest BCUT2D eigenvalue weighted by Crippen LogP contribution is 2.06. The Kier molecular flexibility index (Phi) is 5.60. The van der Waals surface area contributed by atoms with Crippen LogP contribution in [0.2, 0.25) is 0 Å². The van der Waals surface area contributed by atoms with Crippen molar-refractivity contribution in [3.8, 4) is 0 Å². The zero-order valence-electron chi connectivity index (χ0n) is 11.0. The molecule has 102 valence electrons. The third-order valence-electron chi connectivity index (χ3n) is 2.61. The summed E-state index contributed by atoms with van der Waals surface area (Å²) in [6.07, 6.45) is -0.227. The van der Waals surface area contributed by atoms with Crippen LogP contribution in [0.25, 0.3) is 0 Å². The van der Waals surface area contributed by atoms with Crippen molar-refractivity contribution >= 4 is 12.1 Å². The summed E-state index contributed by atoms with van der Waals surface area (Å²) in [6.45, 7) is 3.57. The summed E-state index contributed by atoms with van der Waals surface area (Å²) in [7, 11) is 0. The highest BCUT2D eigenvalue weighted by atomic mass is 16.5. The molecule has 0 saturated carbocycles. The molecular weight excluding hydrogens is 246 g/mol. The van der Waals surface area contributed by atoms with E-state index in [9.17, 15) is 9.59 Å². The van der Waals surface area contributed by atoms with Gasteiger partial charge in [0.1, 0.15) is 12.3 Å². The van der Waals surface area contributed by atoms with Crippen LogP contribution >= 0.6 is 0 Å². The maximum atomic E-state index is 11.5. The number of amides is 1. The van der Waals surface area contributed by atoms with E-state index < -0.39 is 12.1 Å². The van der Waals surface area contributed by atoms with E-state index in [0.29, 0.717) is 12.0 Å². The summed E-state index contributed by atoms with van der Waals surface area (Å²) in [5.74, 6) is -1.17. The monoisotopic (exact) mass is 263 g/mol. The van der Waals surface area contributed by atoms with Crippen LogP contribution in [0.4, 0.5) is 4.79 Å². The smallest absolute Gasteiger partial charge is 0.412 e. The molecule has 0 aliphatic rings. The van der Waals surface area contributed by atoms with Crippen LogP contribution in [-0.2, 0) is 16.1 Å². The molecule has 0 spiro atoms. The second-order valence-electron chi connectivity index (χ2n) is 4.00. The minimum absolute atomic E-state index is 0.102. The molecule has 0 fully saturated rings. The number of nitrogens with one attached hydrogen (secondary N) is 1. The predicted octanol–water partition coefficient (Wildman–Crippen LogP) is 2.68. The van der Waals surface area contributed by atoms with Gasteiger partial charge in [-0.2, -0.15) is 0 Å². The number of alkyl carbamates (subject to hydrolysis) is 1. The molecule has 0 aliphatic heterocycles. The van der Waals surface area contributed by atoms with Gasteiger partial charge in [0, 0.05) is 0 Å². The average Bonchev–Trinajstić information content (AvgIpc) is 2.42. The molecule has 1 rings (SSSR count). The quantitative estimate of drug-likeness (QED) is 0.801. The Labute approximate surface area is 111 Å². The van der Waals surface area contributed by atoms with Gasteiger partial charge in [-0.1, -0.05) is 37.3 Å². The molecule has 5 nitrogen and oxygen atoms in total. The van der Waals surface area contributed by atoms with Gasteiger partial charge in [0.2, 0.25) is 0 Å². The van der Waals surface area contributed by atoms with Crippen LogP contribution < -0.4 is 5.32 Å². The molecule has 0 heterocycles. The van der Waals surface area contributed by atoms with E-state index in [-0.39, 0.29) is 12.3 Å². The minimum Gasteiger partial charge on any atom is -0.477 e. The molecule has 0 aliphatic carbocycles.